The average Bonchev–Trinajstić information content (AvgIpc) is 3.06. The van der Waals surface area contributed by atoms with Crippen molar-refractivity contribution in [1.29, 1.82) is 0 Å². The lowest BCUT2D eigenvalue weighted by atomic mass is 10.3. The molecule has 3 aromatic rings. The van der Waals surface area contributed by atoms with Crippen LogP contribution in [-0.2, 0) is 0 Å². The Morgan fingerprint density at radius 3 is 2.68 bits per heavy atom. The topological polar surface area (TPSA) is 59.0 Å². The van der Waals surface area contributed by atoms with E-state index >= 15 is 0 Å². The summed E-state index contributed by atoms with van der Waals surface area (Å²) < 4.78 is 2.57. The summed E-state index contributed by atoms with van der Waals surface area (Å²) in [5, 5.41) is 12.7. The number of hydrogen-bond acceptors (Lipinski definition) is 3. The van der Waals surface area contributed by atoms with Crippen LogP contribution in [0.25, 0.3) is 5.69 Å². The molecule has 0 saturated carbocycles. The molecule has 0 bridgehead atoms. The standard InChI is InChI=1S/C15H13BrN4OS/c1-10-9-13(20(19-10)11-5-3-2-4-6-11)17-15(21)18-14-12(16)7-8-22-14/h2-9H,1H3,(H2,17,18,21). The number of aromatic nitrogens is 2. The van der Waals surface area contributed by atoms with Gasteiger partial charge in [-0.05, 0) is 46.4 Å². The Hall–Kier alpha value is -2.12. The number of nitrogens with one attached hydrogen (secondary N) is 2. The average molecular weight is 377 g/mol. The van der Waals surface area contributed by atoms with Gasteiger partial charge >= 0.3 is 6.03 Å². The first-order chi connectivity index (χ1) is 10.6. The fourth-order valence-electron chi connectivity index (χ4n) is 1.99. The van der Waals surface area contributed by atoms with E-state index in [4.69, 9.17) is 0 Å². The van der Waals surface area contributed by atoms with E-state index in [0.29, 0.717) is 5.82 Å². The van der Waals surface area contributed by atoms with Gasteiger partial charge in [-0.1, -0.05) is 18.2 Å². The zero-order valence-electron chi connectivity index (χ0n) is 11.7. The van der Waals surface area contributed by atoms with Crippen molar-refractivity contribution in [2.75, 3.05) is 10.6 Å². The highest BCUT2D eigenvalue weighted by atomic mass is 79.9. The largest absolute Gasteiger partial charge is 0.325 e. The van der Waals surface area contributed by atoms with E-state index in [1.165, 1.54) is 11.3 Å². The smallest absolute Gasteiger partial charge is 0.298 e. The normalized spacial score (nSPS) is 10.5. The van der Waals surface area contributed by atoms with Crippen LogP contribution >= 0.6 is 27.3 Å². The highest BCUT2D eigenvalue weighted by Crippen LogP contribution is 2.28. The number of thiophene rings is 1. The van der Waals surface area contributed by atoms with Gasteiger partial charge in [0.05, 0.1) is 15.9 Å². The maximum atomic E-state index is 12.1. The lowest BCUT2D eigenvalue weighted by Gasteiger charge is -2.09. The van der Waals surface area contributed by atoms with Gasteiger partial charge in [0.1, 0.15) is 10.8 Å². The number of amides is 2. The molecule has 0 unspecified atom stereocenters. The lowest BCUT2D eigenvalue weighted by Crippen LogP contribution is -2.21. The zero-order valence-corrected chi connectivity index (χ0v) is 14.1. The Bertz CT molecular complexity index is 797. The number of aryl methyl sites for hydroxylation is 1. The summed E-state index contributed by atoms with van der Waals surface area (Å²) in [6, 6.07) is 13.1. The molecule has 2 aromatic heterocycles. The van der Waals surface area contributed by atoms with Gasteiger partial charge in [0.25, 0.3) is 0 Å². The number of nitrogens with zero attached hydrogens (tertiary/aromatic N) is 2. The molecule has 0 spiro atoms. The number of rotatable bonds is 3. The van der Waals surface area contributed by atoms with Gasteiger partial charge in [0.2, 0.25) is 0 Å². The highest BCUT2D eigenvalue weighted by molar-refractivity contribution is 9.10. The fourth-order valence-corrected chi connectivity index (χ4v) is 3.35. The molecule has 0 aliphatic carbocycles. The summed E-state index contributed by atoms with van der Waals surface area (Å²) in [5.41, 5.74) is 1.72. The van der Waals surface area contributed by atoms with Crippen LogP contribution in [0.3, 0.4) is 0 Å². The molecule has 2 N–H and O–H groups in total. The zero-order chi connectivity index (χ0) is 15.5. The predicted molar refractivity (Wildman–Crippen MR) is 93.0 cm³/mol. The van der Waals surface area contributed by atoms with E-state index in [9.17, 15) is 4.79 Å². The van der Waals surface area contributed by atoms with Crippen molar-refractivity contribution in [2.24, 2.45) is 0 Å². The SMILES string of the molecule is Cc1cc(NC(=O)Nc2sccc2Br)n(-c2ccccc2)n1. The van der Waals surface area contributed by atoms with Crippen LogP contribution in [0.5, 0.6) is 0 Å². The van der Waals surface area contributed by atoms with Crippen molar-refractivity contribution in [1.82, 2.24) is 9.78 Å². The van der Waals surface area contributed by atoms with Crippen molar-refractivity contribution in [2.45, 2.75) is 6.92 Å². The molecule has 2 amide bonds. The first-order valence-corrected chi connectivity index (χ1v) is 8.24. The Balaban J connectivity index is 1.81. The van der Waals surface area contributed by atoms with Crippen LogP contribution in [0.2, 0.25) is 0 Å². The monoisotopic (exact) mass is 376 g/mol. The summed E-state index contributed by atoms with van der Waals surface area (Å²) in [5.74, 6) is 0.619. The van der Waals surface area contributed by atoms with Crippen LogP contribution in [0.4, 0.5) is 15.6 Å². The van der Waals surface area contributed by atoms with Crippen LogP contribution in [0, 0.1) is 6.92 Å². The third-order valence-electron chi connectivity index (χ3n) is 2.92. The van der Waals surface area contributed by atoms with Crippen LogP contribution in [0.1, 0.15) is 5.69 Å². The number of urea groups is 1. The van der Waals surface area contributed by atoms with Crippen LogP contribution < -0.4 is 10.6 Å². The van der Waals surface area contributed by atoms with E-state index in [1.807, 2.05) is 54.8 Å². The second kappa shape index (κ2) is 6.33. The molecule has 0 aliphatic heterocycles. The second-order valence-electron chi connectivity index (χ2n) is 4.60. The highest BCUT2D eigenvalue weighted by Gasteiger charge is 2.12. The minimum atomic E-state index is -0.305. The van der Waals surface area contributed by atoms with Gasteiger partial charge in [-0.25, -0.2) is 9.48 Å². The number of halogens is 1. The molecule has 7 heteroatoms. The quantitative estimate of drug-likeness (QED) is 0.698. The molecule has 0 fully saturated rings. The molecule has 5 nitrogen and oxygen atoms in total. The second-order valence-corrected chi connectivity index (χ2v) is 6.37. The number of carbonyl (C=O) groups excluding carboxylic acids is 1. The number of benzene rings is 1. The molecule has 112 valence electrons. The van der Waals surface area contributed by atoms with Gasteiger partial charge in [-0.15, -0.1) is 11.3 Å². The van der Waals surface area contributed by atoms with Crippen molar-refractivity contribution < 1.29 is 4.79 Å². The molecule has 3 rings (SSSR count). The minimum Gasteiger partial charge on any atom is -0.298 e. The Kier molecular flexibility index (Phi) is 4.26. The van der Waals surface area contributed by atoms with Crippen LogP contribution in [0.15, 0.2) is 52.3 Å². The number of carbonyl (C=O) groups is 1. The van der Waals surface area contributed by atoms with E-state index < -0.39 is 0 Å². The van der Waals surface area contributed by atoms with E-state index in [2.05, 4.69) is 31.7 Å². The summed E-state index contributed by atoms with van der Waals surface area (Å²) in [7, 11) is 0. The molecule has 1 aromatic carbocycles. The Morgan fingerprint density at radius 2 is 2.00 bits per heavy atom. The van der Waals surface area contributed by atoms with E-state index in [1.54, 1.807) is 4.68 Å². The number of para-hydroxylation sites is 1. The van der Waals surface area contributed by atoms with Crippen LogP contribution in [-0.4, -0.2) is 15.8 Å². The summed E-state index contributed by atoms with van der Waals surface area (Å²) in [6.45, 7) is 1.89. The van der Waals surface area contributed by atoms with Crippen molar-refractivity contribution in [3.63, 3.8) is 0 Å². The van der Waals surface area contributed by atoms with Crippen molar-refractivity contribution >= 4 is 44.1 Å². The third-order valence-corrected chi connectivity index (χ3v) is 4.67. The molecule has 0 atom stereocenters. The Morgan fingerprint density at radius 1 is 1.23 bits per heavy atom. The lowest BCUT2D eigenvalue weighted by molar-refractivity contribution is 0.262. The molecule has 2 heterocycles. The molecule has 22 heavy (non-hydrogen) atoms. The fraction of sp³-hybridized carbons (Fsp3) is 0.0667. The molecule has 0 saturated heterocycles. The summed E-state index contributed by atoms with van der Waals surface area (Å²) >= 11 is 4.84. The molecule has 0 aliphatic rings. The summed E-state index contributed by atoms with van der Waals surface area (Å²) in [4.78, 5) is 12.1. The summed E-state index contributed by atoms with van der Waals surface area (Å²) in [6.07, 6.45) is 0. The van der Waals surface area contributed by atoms with E-state index in [0.717, 1.165) is 20.9 Å². The van der Waals surface area contributed by atoms with Gasteiger partial charge in [0.15, 0.2) is 0 Å². The number of hydrogen-bond donors (Lipinski definition) is 2. The first-order valence-electron chi connectivity index (χ1n) is 6.56. The van der Waals surface area contributed by atoms with Crippen molar-refractivity contribution in [3.05, 3.63) is 58.0 Å². The molecular weight excluding hydrogens is 364 g/mol. The van der Waals surface area contributed by atoms with Gasteiger partial charge in [-0.2, -0.15) is 5.10 Å². The molecular formula is C15H13BrN4OS. The Labute approximate surface area is 140 Å². The maximum absolute atomic E-state index is 12.1. The molecule has 0 radical (unpaired) electrons. The van der Waals surface area contributed by atoms with E-state index in [-0.39, 0.29) is 6.03 Å². The van der Waals surface area contributed by atoms with Gasteiger partial charge < -0.3 is 0 Å². The van der Waals surface area contributed by atoms with Gasteiger partial charge in [0, 0.05) is 6.07 Å². The third kappa shape index (κ3) is 3.20. The van der Waals surface area contributed by atoms with Gasteiger partial charge in [-0.3, -0.25) is 10.6 Å². The number of anilines is 2. The maximum Gasteiger partial charge on any atom is 0.325 e. The van der Waals surface area contributed by atoms with Crippen molar-refractivity contribution in [3.8, 4) is 5.69 Å². The minimum absolute atomic E-state index is 0.305. The first kappa shape index (κ1) is 14.8. The predicted octanol–water partition coefficient (Wildman–Crippen LogP) is 4.65.